The van der Waals surface area contributed by atoms with Gasteiger partial charge in [-0.2, -0.15) is 0 Å². The van der Waals surface area contributed by atoms with E-state index in [1.165, 1.54) is 6.20 Å². The molecule has 2 aliphatic rings. The lowest BCUT2D eigenvalue weighted by molar-refractivity contribution is 0.00679. The van der Waals surface area contributed by atoms with Gasteiger partial charge in [0.05, 0.1) is 17.1 Å². The molecule has 0 aliphatic carbocycles. The number of likely N-dealkylation sites (N-methyl/N-ethyl adjacent to an activating group) is 1. The van der Waals surface area contributed by atoms with Crippen molar-refractivity contribution in [1.29, 1.82) is 0 Å². The number of carbonyl (C=O) groups is 1. The van der Waals surface area contributed by atoms with E-state index in [0.29, 0.717) is 40.8 Å². The summed E-state index contributed by atoms with van der Waals surface area (Å²) in [4.78, 5) is 23.0. The molecule has 1 fully saturated rings. The number of hydrogen-bond donors (Lipinski definition) is 3. The third kappa shape index (κ3) is 3.58. The van der Waals surface area contributed by atoms with Crippen LogP contribution < -0.4 is 16.4 Å². The Labute approximate surface area is 185 Å². The molecule has 0 bridgehead atoms. The van der Waals surface area contributed by atoms with E-state index in [0.717, 1.165) is 36.3 Å². The predicted octanol–water partition coefficient (Wildman–Crippen LogP) is 3.55. The van der Waals surface area contributed by atoms with E-state index in [4.69, 9.17) is 10.5 Å². The molecule has 4 heterocycles. The predicted molar refractivity (Wildman–Crippen MR) is 122 cm³/mol. The van der Waals surface area contributed by atoms with Crippen LogP contribution in [-0.4, -0.2) is 53.7 Å². The number of nitrogens with two attached hydrogens (primary N) is 1. The quantitative estimate of drug-likeness (QED) is 0.539. The number of likely N-dealkylation sites (tertiary alicyclic amines) is 1. The molecule has 4 N–H and O–H groups in total. The van der Waals surface area contributed by atoms with Gasteiger partial charge in [0.2, 0.25) is 0 Å². The SMILES string of the molecule is Cc1c(-c2cc3cc(NC(=O)OC4CN(C)C4)ncc3c(N)c2F)cnc2c1NCCC2. The number of anilines is 3. The Morgan fingerprint density at radius 1 is 1.28 bits per heavy atom. The molecule has 5 rings (SSSR count). The second-order valence-electron chi connectivity index (χ2n) is 8.46. The van der Waals surface area contributed by atoms with Crippen molar-refractivity contribution >= 4 is 34.1 Å². The fourth-order valence-corrected chi connectivity index (χ4v) is 4.38. The summed E-state index contributed by atoms with van der Waals surface area (Å²) >= 11 is 0. The van der Waals surface area contributed by atoms with Crippen molar-refractivity contribution < 1.29 is 13.9 Å². The average molecular weight is 436 g/mol. The number of ether oxygens (including phenoxy) is 1. The highest BCUT2D eigenvalue weighted by atomic mass is 19.1. The van der Waals surface area contributed by atoms with Crippen LogP contribution in [0.1, 0.15) is 17.7 Å². The van der Waals surface area contributed by atoms with E-state index >= 15 is 4.39 Å². The van der Waals surface area contributed by atoms with Gasteiger partial charge in [-0.15, -0.1) is 0 Å². The molecule has 3 aromatic rings. The molecular weight excluding hydrogens is 411 g/mol. The molecule has 1 amide bonds. The van der Waals surface area contributed by atoms with Crippen LogP contribution in [-0.2, 0) is 11.2 Å². The van der Waals surface area contributed by atoms with E-state index in [9.17, 15) is 4.79 Å². The smallest absolute Gasteiger partial charge is 0.413 e. The summed E-state index contributed by atoms with van der Waals surface area (Å²) in [7, 11) is 1.96. The number of rotatable bonds is 3. The van der Waals surface area contributed by atoms with Gasteiger partial charge in [-0.25, -0.2) is 14.2 Å². The van der Waals surface area contributed by atoms with E-state index in [-0.39, 0.29) is 11.8 Å². The first-order valence-corrected chi connectivity index (χ1v) is 10.7. The number of nitrogens with one attached hydrogen (secondary N) is 2. The number of fused-ring (bicyclic) bond motifs is 2. The number of carbonyl (C=O) groups excluding carboxylic acids is 1. The minimum Gasteiger partial charge on any atom is -0.443 e. The molecule has 0 saturated carbocycles. The number of nitrogens with zero attached hydrogens (tertiary/aromatic N) is 3. The van der Waals surface area contributed by atoms with Gasteiger partial charge < -0.3 is 15.8 Å². The van der Waals surface area contributed by atoms with Gasteiger partial charge in [-0.1, -0.05) is 0 Å². The molecule has 2 aromatic heterocycles. The molecule has 0 atom stereocenters. The van der Waals surface area contributed by atoms with Crippen LogP contribution >= 0.6 is 0 Å². The van der Waals surface area contributed by atoms with Crippen LogP contribution in [0.4, 0.5) is 26.4 Å². The number of halogens is 1. The highest BCUT2D eigenvalue weighted by Gasteiger charge is 2.27. The van der Waals surface area contributed by atoms with E-state index in [2.05, 4.69) is 25.5 Å². The normalized spacial score (nSPS) is 16.2. The van der Waals surface area contributed by atoms with Crippen molar-refractivity contribution in [3.8, 4) is 11.1 Å². The number of aromatic nitrogens is 2. The highest BCUT2D eigenvalue weighted by Crippen LogP contribution is 2.38. The van der Waals surface area contributed by atoms with Crippen LogP contribution in [0.15, 0.2) is 24.5 Å². The maximum absolute atomic E-state index is 15.3. The Balaban J connectivity index is 1.49. The largest absolute Gasteiger partial charge is 0.443 e. The van der Waals surface area contributed by atoms with Crippen molar-refractivity contribution in [2.45, 2.75) is 25.9 Å². The Morgan fingerprint density at radius 2 is 2.09 bits per heavy atom. The molecule has 0 unspecified atom stereocenters. The summed E-state index contributed by atoms with van der Waals surface area (Å²) in [6.07, 6.45) is 4.41. The lowest BCUT2D eigenvalue weighted by Gasteiger charge is -2.35. The lowest BCUT2D eigenvalue weighted by Crippen LogP contribution is -2.50. The van der Waals surface area contributed by atoms with E-state index in [1.54, 1.807) is 18.3 Å². The zero-order valence-corrected chi connectivity index (χ0v) is 18.0. The van der Waals surface area contributed by atoms with Gasteiger partial charge in [0.15, 0.2) is 5.82 Å². The van der Waals surface area contributed by atoms with Crippen LogP contribution in [0.25, 0.3) is 21.9 Å². The third-order valence-corrected chi connectivity index (χ3v) is 6.13. The highest BCUT2D eigenvalue weighted by molar-refractivity contribution is 5.99. The van der Waals surface area contributed by atoms with Crippen molar-refractivity contribution in [3.63, 3.8) is 0 Å². The minimum absolute atomic E-state index is 0.0155. The van der Waals surface area contributed by atoms with Crippen LogP contribution in [0, 0.1) is 12.7 Å². The number of hydrogen-bond acceptors (Lipinski definition) is 7. The molecule has 8 nitrogen and oxygen atoms in total. The van der Waals surface area contributed by atoms with Crippen LogP contribution in [0.2, 0.25) is 0 Å². The number of pyridine rings is 2. The van der Waals surface area contributed by atoms with Gasteiger partial charge in [0.1, 0.15) is 11.9 Å². The summed E-state index contributed by atoms with van der Waals surface area (Å²) in [5.41, 5.74) is 10.1. The molecular formula is C23H25FN6O2. The van der Waals surface area contributed by atoms with Gasteiger partial charge in [-0.3, -0.25) is 15.2 Å². The lowest BCUT2D eigenvalue weighted by atomic mass is 9.95. The van der Waals surface area contributed by atoms with E-state index < -0.39 is 11.9 Å². The molecule has 9 heteroatoms. The number of amides is 1. The number of nitrogen functional groups attached to an aromatic ring is 1. The molecule has 1 saturated heterocycles. The second kappa shape index (κ2) is 7.90. The van der Waals surface area contributed by atoms with Crippen molar-refractivity contribution in [3.05, 3.63) is 41.6 Å². The molecule has 0 spiro atoms. The monoisotopic (exact) mass is 436 g/mol. The average Bonchev–Trinajstić information content (AvgIpc) is 2.76. The fourth-order valence-electron chi connectivity index (χ4n) is 4.38. The minimum atomic E-state index is -0.564. The van der Waals surface area contributed by atoms with Crippen LogP contribution in [0.5, 0.6) is 0 Å². The summed E-state index contributed by atoms with van der Waals surface area (Å²) in [6.45, 7) is 4.25. The van der Waals surface area contributed by atoms with Crippen molar-refractivity contribution in [1.82, 2.24) is 14.9 Å². The Kier molecular flexibility index (Phi) is 5.05. The van der Waals surface area contributed by atoms with Crippen molar-refractivity contribution in [2.24, 2.45) is 0 Å². The first-order chi connectivity index (χ1) is 15.4. The Hall–Kier alpha value is -3.46. The molecule has 166 valence electrons. The maximum Gasteiger partial charge on any atom is 0.413 e. The topological polar surface area (TPSA) is 105 Å². The second-order valence-corrected chi connectivity index (χ2v) is 8.46. The molecule has 1 aromatic carbocycles. The first-order valence-electron chi connectivity index (χ1n) is 10.7. The zero-order valence-electron chi connectivity index (χ0n) is 18.0. The summed E-state index contributed by atoms with van der Waals surface area (Å²) in [6, 6.07) is 3.39. The summed E-state index contributed by atoms with van der Waals surface area (Å²) < 4.78 is 20.6. The fraction of sp³-hybridized carbons (Fsp3) is 0.348. The van der Waals surface area contributed by atoms with E-state index in [1.807, 2.05) is 14.0 Å². The van der Waals surface area contributed by atoms with Gasteiger partial charge in [0, 0.05) is 48.5 Å². The Bertz CT molecular complexity index is 1230. The van der Waals surface area contributed by atoms with Gasteiger partial charge >= 0.3 is 6.09 Å². The summed E-state index contributed by atoms with van der Waals surface area (Å²) in [5, 5.41) is 7.17. The maximum atomic E-state index is 15.3. The zero-order chi connectivity index (χ0) is 22.4. The van der Waals surface area contributed by atoms with Crippen molar-refractivity contribution in [2.75, 3.05) is 43.0 Å². The number of benzene rings is 1. The molecule has 2 aliphatic heterocycles. The number of aryl methyl sites for hydroxylation is 1. The van der Waals surface area contributed by atoms with Gasteiger partial charge in [0.25, 0.3) is 0 Å². The molecule has 32 heavy (non-hydrogen) atoms. The first kappa shape index (κ1) is 20.4. The third-order valence-electron chi connectivity index (χ3n) is 6.13. The Morgan fingerprint density at radius 3 is 2.88 bits per heavy atom. The summed E-state index contributed by atoms with van der Waals surface area (Å²) in [5.74, 6) is -0.191. The van der Waals surface area contributed by atoms with Crippen LogP contribution in [0.3, 0.4) is 0 Å². The standard InChI is InChI=1S/C23H25FN6O2/c1-12-16(8-27-18-4-3-5-26-22(12)18)15-6-13-7-19(28-9-17(13)21(25)20(15)24)29-23(31)32-14-10-30(2)11-14/h6-9,14,26H,3-5,10-11,25H2,1-2H3,(H,28,29,31). The molecule has 0 radical (unpaired) electrons. The van der Waals surface area contributed by atoms with Gasteiger partial charge in [-0.05, 0) is 49.9 Å².